The smallest absolute Gasteiger partial charge is 0.307 e. The fourth-order valence-electron chi connectivity index (χ4n) is 2.62. The average Bonchev–Trinajstić information content (AvgIpc) is 2.82. The van der Waals surface area contributed by atoms with Gasteiger partial charge < -0.3 is 9.52 Å². The van der Waals surface area contributed by atoms with E-state index in [4.69, 9.17) is 21.1 Å². The van der Waals surface area contributed by atoms with Crippen molar-refractivity contribution in [3.63, 3.8) is 0 Å². The van der Waals surface area contributed by atoms with Crippen LogP contribution in [0, 0.1) is 17.8 Å². The van der Waals surface area contributed by atoms with E-state index in [1.807, 2.05) is 0 Å². The molecule has 0 saturated heterocycles. The Morgan fingerprint density at radius 2 is 2.05 bits per heavy atom. The Kier molecular flexibility index (Phi) is 2.64. The van der Waals surface area contributed by atoms with Gasteiger partial charge in [-0.3, -0.25) is 9.59 Å². The van der Waals surface area contributed by atoms with E-state index in [0.29, 0.717) is 16.2 Å². The molecule has 1 saturated carbocycles. The van der Waals surface area contributed by atoms with Gasteiger partial charge in [0.15, 0.2) is 11.4 Å². The molecule has 1 aromatic carbocycles. The van der Waals surface area contributed by atoms with Gasteiger partial charge in [0, 0.05) is 16.9 Å². The third kappa shape index (κ3) is 1.83. The van der Waals surface area contributed by atoms with Gasteiger partial charge in [-0.15, -0.1) is 0 Å². The fourth-order valence-corrected chi connectivity index (χ4v) is 2.89. The van der Waals surface area contributed by atoms with Gasteiger partial charge in [0.05, 0.1) is 17.2 Å². The van der Waals surface area contributed by atoms with E-state index in [2.05, 4.69) is 0 Å². The Hall–Kier alpha value is -1.81. The number of aliphatic carboxylic acids is 1. The summed E-state index contributed by atoms with van der Waals surface area (Å²) in [4.78, 5) is 23.3. The fraction of sp³-hybridized carbons (Fsp3) is 0.286. The van der Waals surface area contributed by atoms with Gasteiger partial charge in [0.2, 0.25) is 0 Å². The summed E-state index contributed by atoms with van der Waals surface area (Å²) < 4.78 is 5.20. The molecule has 0 amide bonds. The van der Waals surface area contributed by atoms with Crippen LogP contribution in [0.15, 0.2) is 28.9 Å². The average molecular weight is 279 g/mol. The van der Waals surface area contributed by atoms with Crippen LogP contribution in [-0.2, 0) is 4.79 Å². The number of fused-ring (bicyclic) bond motifs is 1. The number of ketones is 1. The largest absolute Gasteiger partial charge is 0.481 e. The van der Waals surface area contributed by atoms with Crippen molar-refractivity contribution < 1.29 is 19.1 Å². The molecule has 19 heavy (non-hydrogen) atoms. The maximum absolute atomic E-state index is 12.3. The minimum atomic E-state index is -0.915. The number of halogens is 1. The molecule has 2 aromatic rings. The zero-order valence-corrected chi connectivity index (χ0v) is 10.8. The van der Waals surface area contributed by atoms with Crippen LogP contribution in [0.25, 0.3) is 11.0 Å². The molecule has 1 heterocycles. The molecule has 1 N–H and O–H groups in total. The second kappa shape index (κ2) is 4.10. The lowest BCUT2D eigenvalue weighted by atomic mass is 10.0. The van der Waals surface area contributed by atoms with Gasteiger partial charge in [0.1, 0.15) is 0 Å². The van der Waals surface area contributed by atoms with E-state index in [-0.39, 0.29) is 11.7 Å². The Morgan fingerprint density at radius 1 is 1.32 bits per heavy atom. The summed E-state index contributed by atoms with van der Waals surface area (Å²) in [5.74, 6) is -2.22. The number of carbonyl (C=O) groups excluding carboxylic acids is 1. The molecule has 3 atom stereocenters. The number of hydrogen-bond donors (Lipinski definition) is 1. The number of rotatable bonds is 3. The van der Waals surface area contributed by atoms with Gasteiger partial charge in [-0.25, -0.2) is 0 Å². The van der Waals surface area contributed by atoms with Gasteiger partial charge in [-0.05, 0) is 24.1 Å². The van der Waals surface area contributed by atoms with Crippen molar-refractivity contribution >= 4 is 34.3 Å². The number of carboxylic acid groups (broad SMARTS) is 1. The van der Waals surface area contributed by atoms with E-state index >= 15 is 0 Å². The van der Waals surface area contributed by atoms with Crippen molar-refractivity contribution in [1.82, 2.24) is 0 Å². The van der Waals surface area contributed by atoms with Crippen molar-refractivity contribution in [3.8, 4) is 0 Å². The summed E-state index contributed by atoms with van der Waals surface area (Å²) >= 11 is 6.05. The molecule has 98 valence electrons. The van der Waals surface area contributed by atoms with Crippen molar-refractivity contribution in [2.45, 2.75) is 6.92 Å². The molecule has 1 aromatic heterocycles. The third-order valence-electron chi connectivity index (χ3n) is 3.76. The Bertz CT molecular complexity index is 688. The second-order valence-electron chi connectivity index (χ2n) is 4.91. The summed E-state index contributed by atoms with van der Waals surface area (Å²) in [6, 6.07) is 4.96. The lowest BCUT2D eigenvalue weighted by Gasteiger charge is -2.01. The lowest BCUT2D eigenvalue weighted by Crippen LogP contribution is -2.08. The summed E-state index contributed by atoms with van der Waals surface area (Å²) in [5, 5.41) is 10.1. The number of carbonyl (C=O) groups is 2. The van der Waals surface area contributed by atoms with Crippen LogP contribution in [0.4, 0.5) is 0 Å². The SMILES string of the molecule is CC1C(C(=O)O)C1C(=O)c1cc(Cl)c2occc2c1. The van der Waals surface area contributed by atoms with Crippen LogP contribution in [0.5, 0.6) is 0 Å². The highest BCUT2D eigenvalue weighted by Crippen LogP contribution is 2.48. The Labute approximate surface area is 114 Å². The maximum Gasteiger partial charge on any atom is 0.307 e. The standard InChI is InChI=1S/C14H11ClO4/c1-6-10(11(6)14(17)18)12(16)8-4-7-2-3-19-13(7)9(15)5-8/h2-6,10-11H,1H3,(H,17,18). The van der Waals surface area contributed by atoms with Crippen molar-refractivity contribution in [1.29, 1.82) is 0 Å². The first-order valence-corrected chi connectivity index (χ1v) is 6.32. The van der Waals surface area contributed by atoms with Crippen molar-refractivity contribution in [2.24, 2.45) is 17.8 Å². The molecule has 0 spiro atoms. The van der Waals surface area contributed by atoms with E-state index in [0.717, 1.165) is 5.39 Å². The predicted octanol–water partition coefficient (Wildman–Crippen LogP) is 3.24. The quantitative estimate of drug-likeness (QED) is 0.875. The molecule has 0 radical (unpaired) electrons. The third-order valence-corrected chi connectivity index (χ3v) is 4.04. The van der Waals surface area contributed by atoms with E-state index < -0.39 is 17.8 Å². The highest BCUT2D eigenvalue weighted by atomic mass is 35.5. The first-order valence-electron chi connectivity index (χ1n) is 5.94. The molecule has 0 aliphatic heterocycles. The number of carboxylic acids is 1. The topological polar surface area (TPSA) is 67.5 Å². The van der Waals surface area contributed by atoms with Crippen LogP contribution < -0.4 is 0 Å². The molecule has 4 nitrogen and oxygen atoms in total. The summed E-state index contributed by atoms with van der Waals surface area (Å²) in [6.45, 7) is 1.78. The van der Waals surface area contributed by atoms with Crippen LogP contribution in [-0.4, -0.2) is 16.9 Å². The minimum Gasteiger partial charge on any atom is -0.481 e. The van der Waals surface area contributed by atoms with Crippen LogP contribution in [0.2, 0.25) is 5.02 Å². The first kappa shape index (κ1) is 12.2. The molecule has 0 bridgehead atoms. The van der Waals surface area contributed by atoms with Crippen LogP contribution in [0.3, 0.4) is 0 Å². The number of benzene rings is 1. The molecular formula is C14H11ClO4. The molecule has 1 aliphatic rings. The molecular weight excluding hydrogens is 268 g/mol. The van der Waals surface area contributed by atoms with Crippen molar-refractivity contribution in [2.75, 3.05) is 0 Å². The molecule has 1 aliphatic carbocycles. The zero-order valence-electron chi connectivity index (χ0n) is 10.1. The second-order valence-corrected chi connectivity index (χ2v) is 5.32. The summed E-state index contributed by atoms with van der Waals surface area (Å²) in [5.41, 5.74) is 0.983. The van der Waals surface area contributed by atoms with Gasteiger partial charge >= 0.3 is 5.97 Å². The van der Waals surface area contributed by atoms with Gasteiger partial charge in [-0.2, -0.15) is 0 Å². The lowest BCUT2D eigenvalue weighted by molar-refractivity contribution is -0.139. The minimum absolute atomic E-state index is 0.121. The van der Waals surface area contributed by atoms with Crippen LogP contribution in [0.1, 0.15) is 17.3 Å². The Morgan fingerprint density at radius 3 is 2.68 bits per heavy atom. The van der Waals surface area contributed by atoms with E-state index in [1.165, 1.54) is 6.26 Å². The molecule has 5 heteroatoms. The maximum atomic E-state index is 12.3. The highest BCUT2D eigenvalue weighted by Gasteiger charge is 2.56. The molecule has 3 unspecified atom stereocenters. The summed E-state index contributed by atoms with van der Waals surface area (Å²) in [6.07, 6.45) is 1.50. The van der Waals surface area contributed by atoms with Crippen molar-refractivity contribution in [3.05, 3.63) is 35.0 Å². The predicted molar refractivity (Wildman–Crippen MR) is 69.3 cm³/mol. The number of Topliss-reactive ketones (excluding diaryl/α,β-unsaturated/α-hetero) is 1. The number of furan rings is 1. The summed E-state index contributed by atoms with van der Waals surface area (Å²) in [7, 11) is 0. The van der Waals surface area contributed by atoms with Gasteiger partial charge in [0.25, 0.3) is 0 Å². The van der Waals surface area contributed by atoms with Gasteiger partial charge in [-0.1, -0.05) is 18.5 Å². The molecule has 1 fully saturated rings. The highest BCUT2D eigenvalue weighted by molar-refractivity contribution is 6.35. The van der Waals surface area contributed by atoms with E-state index in [9.17, 15) is 9.59 Å². The number of hydrogen-bond acceptors (Lipinski definition) is 3. The monoisotopic (exact) mass is 278 g/mol. The first-order chi connectivity index (χ1) is 9.00. The van der Waals surface area contributed by atoms with E-state index in [1.54, 1.807) is 25.1 Å². The Balaban J connectivity index is 1.97. The van der Waals surface area contributed by atoms with Crippen LogP contribution >= 0.6 is 11.6 Å². The normalized spacial score (nSPS) is 25.5. The zero-order chi connectivity index (χ0) is 13.7. The molecule has 3 rings (SSSR count).